The van der Waals surface area contributed by atoms with Crippen molar-refractivity contribution in [2.75, 3.05) is 0 Å². The summed E-state index contributed by atoms with van der Waals surface area (Å²) >= 11 is 0. The first kappa shape index (κ1) is 12.5. The van der Waals surface area contributed by atoms with Gasteiger partial charge in [0.05, 0.1) is 0 Å². The van der Waals surface area contributed by atoms with Gasteiger partial charge in [0.2, 0.25) is 0 Å². The number of fused-ring (bicyclic) bond motifs is 2. The Balaban J connectivity index is 1.86. The van der Waals surface area contributed by atoms with E-state index < -0.39 is 0 Å². The number of phenols is 2. The highest BCUT2D eigenvalue weighted by Crippen LogP contribution is 2.56. The van der Waals surface area contributed by atoms with Crippen molar-refractivity contribution < 1.29 is 10.2 Å². The summed E-state index contributed by atoms with van der Waals surface area (Å²) < 4.78 is 0. The van der Waals surface area contributed by atoms with Crippen LogP contribution in [0.25, 0.3) is 11.1 Å². The normalized spacial score (nSPS) is 23.8. The van der Waals surface area contributed by atoms with Crippen LogP contribution in [0.5, 0.6) is 11.5 Å². The first-order chi connectivity index (χ1) is 10.2. The molecule has 4 rings (SSSR count). The van der Waals surface area contributed by atoms with Gasteiger partial charge in [-0.05, 0) is 77.6 Å². The van der Waals surface area contributed by atoms with Gasteiger partial charge in [-0.15, -0.1) is 0 Å². The molecular formula is C19H18O2. The standard InChI is InChI=1S/C19H18O2/c20-16-7-3-12(4-8-16)18-14-1-2-15(11-14)19(18)13-5-9-17(21)10-6-13/h3-10,14-15,20-21H,1-2,11H2. The number of allylic oxidation sites excluding steroid dienone is 2. The molecule has 106 valence electrons. The molecule has 0 spiro atoms. The van der Waals surface area contributed by atoms with Crippen molar-refractivity contribution in [2.45, 2.75) is 19.3 Å². The molecule has 2 unspecified atom stereocenters. The van der Waals surface area contributed by atoms with E-state index in [0.717, 1.165) is 0 Å². The molecule has 1 saturated carbocycles. The highest BCUT2D eigenvalue weighted by Gasteiger charge is 2.39. The van der Waals surface area contributed by atoms with Crippen molar-refractivity contribution in [2.24, 2.45) is 11.8 Å². The number of rotatable bonds is 2. The van der Waals surface area contributed by atoms with Gasteiger partial charge in [-0.25, -0.2) is 0 Å². The van der Waals surface area contributed by atoms with Crippen molar-refractivity contribution in [1.29, 1.82) is 0 Å². The third-order valence-electron chi connectivity index (χ3n) is 4.90. The number of aromatic hydroxyl groups is 2. The van der Waals surface area contributed by atoms with Gasteiger partial charge in [0.25, 0.3) is 0 Å². The lowest BCUT2D eigenvalue weighted by Crippen LogP contribution is -2.02. The van der Waals surface area contributed by atoms with Crippen molar-refractivity contribution in [3.63, 3.8) is 0 Å². The highest BCUT2D eigenvalue weighted by molar-refractivity contribution is 5.96. The van der Waals surface area contributed by atoms with Crippen LogP contribution in [0, 0.1) is 11.8 Å². The van der Waals surface area contributed by atoms with Crippen molar-refractivity contribution in [3.8, 4) is 11.5 Å². The second kappa shape index (κ2) is 4.66. The van der Waals surface area contributed by atoms with E-state index in [9.17, 15) is 10.2 Å². The van der Waals surface area contributed by atoms with Gasteiger partial charge >= 0.3 is 0 Å². The Morgan fingerprint density at radius 1 is 0.619 bits per heavy atom. The molecule has 21 heavy (non-hydrogen) atoms. The van der Waals surface area contributed by atoms with Crippen LogP contribution in [0.1, 0.15) is 30.4 Å². The molecule has 0 saturated heterocycles. The van der Waals surface area contributed by atoms with Crippen LogP contribution in [0.3, 0.4) is 0 Å². The molecule has 2 N–H and O–H groups in total. The lowest BCUT2D eigenvalue weighted by atomic mass is 9.84. The quantitative estimate of drug-likeness (QED) is 0.852. The third-order valence-corrected chi connectivity index (χ3v) is 4.90. The molecule has 2 nitrogen and oxygen atoms in total. The van der Waals surface area contributed by atoms with E-state index >= 15 is 0 Å². The molecule has 0 aromatic heterocycles. The van der Waals surface area contributed by atoms with E-state index in [-0.39, 0.29) is 0 Å². The molecule has 0 radical (unpaired) electrons. The Bertz CT molecular complexity index is 634. The summed E-state index contributed by atoms with van der Waals surface area (Å²) in [5, 5.41) is 19.0. The first-order valence-electron chi connectivity index (χ1n) is 7.55. The first-order valence-corrected chi connectivity index (χ1v) is 7.55. The van der Waals surface area contributed by atoms with Crippen molar-refractivity contribution in [1.82, 2.24) is 0 Å². The predicted molar refractivity (Wildman–Crippen MR) is 83.9 cm³/mol. The van der Waals surface area contributed by atoms with E-state index in [1.807, 2.05) is 24.3 Å². The van der Waals surface area contributed by atoms with Crippen LogP contribution >= 0.6 is 0 Å². The van der Waals surface area contributed by atoms with Gasteiger partial charge in [-0.1, -0.05) is 24.3 Å². The minimum absolute atomic E-state index is 0.314. The molecule has 0 aliphatic heterocycles. The molecular weight excluding hydrogens is 260 g/mol. The molecule has 2 aliphatic rings. The Kier molecular flexibility index (Phi) is 2.78. The molecule has 2 aliphatic carbocycles. The van der Waals surface area contributed by atoms with E-state index in [1.54, 1.807) is 24.3 Å². The molecule has 2 aromatic carbocycles. The smallest absolute Gasteiger partial charge is 0.115 e. The summed E-state index contributed by atoms with van der Waals surface area (Å²) in [7, 11) is 0. The predicted octanol–water partition coefficient (Wildman–Crippen LogP) is 4.44. The molecule has 0 amide bonds. The van der Waals surface area contributed by atoms with Gasteiger partial charge < -0.3 is 10.2 Å². The van der Waals surface area contributed by atoms with E-state index in [0.29, 0.717) is 23.3 Å². The molecule has 0 heterocycles. The Labute approximate surface area is 124 Å². The topological polar surface area (TPSA) is 40.5 Å². The maximum Gasteiger partial charge on any atom is 0.115 e. The minimum Gasteiger partial charge on any atom is -0.508 e. The van der Waals surface area contributed by atoms with E-state index in [4.69, 9.17) is 0 Å². The molecule has 2 heteroatoms. The fourth-order valence-electron chi connectivity index (χ4n) is 4.01. The average Bonchev–Trinajstić information content (AvgIpc) is 3.10. The van der Waals surface area contributed by atoms with Gasteiger partial charge in [-0.2, -0.15) is 0 Å². The van der Waals surface area contributed by atoms with E-state index in [1.165, 1.54) is 41.5 Å². The molecule has 2 bridgehead atoms. The molecule has 1 fully saturated rings. The number of phenolic OH excluding ortho intramolecular Hbond substituents is 2. The SMILES string of the molecule is Oc1ccc(C2=C(c3ccc(O)cc3)C3CCC2C3)cc1. The summed E-state index contributed by atoms with van der Waals surface area (Å²) in [4.78, 5) is 0. The summed E-state index contributed by atoms with van der Waals surface area (Å²) in [6.07, 6.45) is 3.78. The van der Waals surface area contributed by atoms with Gasteiger partial charge in [-0.3, -0.25) is 0 Å². The Morgan fingerprint density at radius 3 is 1.38 bits per heavy atom. The molecule has 2 aromatic rings. The minimum atomic E-state index is 0.314. The number of benzene rings is 2. The lowest BCUT2D eigenvalue weighted by Gasteiger charge is -2.21. The fraction of sp³-hybridized carbons (Fsp3) is 0.263. The van der Waals surface area contributed by atoms with E-state index in [2.05, 4.69) is 0 Å². The fourth-order valence-corrected chi connectivity index (χ4v) is 4.01. The monoisotopic (exact) mass is 278 g/mol. The Hall–Kier alpha value is -2.22. The van der Waals surface area contributed by atoms with Crippen molar-refractivity contribution >= 4 is 11.1 Å². The second-order valence-corrected chi connectivity index (χ2v) is 6.13. The number of hydrogen-bond donors (Lipinski definition) is 2. The largest absolute Gasteiger partial charge is 0.508 e. The van der Waals surface area contributed by atoms with Crippen LogP contribution in [0.2, 0.25) is 0 Å². The zero-order valence-corrected chi connectivity index (χ0v) is 11.8. The highest BCUT2D eigenvalue weighted by atomic mass is 16.3. The summed E-state index contributed by atoms with van der Waals surface area (Å²) in [6, 6.07) is 15.1. The lowest BCUT2D eigenvalue weighted by molar-refractivity contribution is 0.474. The third kappa shape index (κ3) is 2.02. The Morgan fingerprint density at radius 2 is 1.00 bits per heavy atom. The summed E-state index contributed by atoms with van der Waals surface area (Å²) in [6.45, 7) is 0. The van der Waals surface area contributed by atoms with Crippen LogP contribution in [-0.4, -0.2) is 10.2 Å². The zero-order chi connectivity index (χ0) is 14.4. The van der Waals surface area contributed by atoms with Crippen LogP contribution in [-0.2, 0) is 0 Å². The van der Waals surface area contributed by atoms with Crippen LogP contribution < -0.4 is 0 Å². The molecule has 2 atom stereocenters. The zero-order valence-electron chi connectivity index (χ0n) is 11.8. The van der Waals surface area contributed by atoms with Crippen LogP contribution in [0.15, 0.2) is 48.5 Å². The number of hydrogen-bond acceptors (Lipinski definition) is 2. The summed E-state index contributed by atoms with van der Waals surface area (Å²) in [5.74, 6) is 1.91. The van der Waals surface area contributed by atoms with Crippen molar-refractivity contribution in [3.05, 3.63) is 59.7 Å². The average molecular weight is 278 g/mol. The maximum absolute atomic E-state index is 9.50. The van der Waals surface area contributed by atoms with Gasteiger partial charge in [0.1, 0.15) is 11.5 Å². The maximum atomic E-state index is 9.50. The van der Waals surface area contributed by atoms with Gasteiger partial charge in [0.15, 0.2) is 0 Å². The van der Waals surface area contributed by atoms with Crippen LogP contribution in [0.4, 0.5) is 0 Å². The second-order valence-electron chi connectivity index (χ2n) is 6.13. The van der Waals surface area contributed by atoms with Gasteiger partial charge in [0, 0.05) is 0 Å². The summed E-state index contributed by atoms with van der Waals surface area (Å²) in [5.41, 5.74) is 5.33.